The fourth-order valence-electron chi connectivity index (χ4n) is 2.65. The summed E-state index contributed by atoms with van der Waals surface area (Å²) in [5.74, 6) is -0.432. The fraction of sp³-hybridized carbons (Fsp3) is 0.0476. The molecule has 5 nitrogen and oxygen atoms in total. The maximum atomic E-state index is 12.5. The number of nitrogens with zero attached hydrogens (tertiary/aromatic N) is 1. The van der Waals surface area contributed by atoms with Crippen LogP contribution in [-0.4, -0.2) is 11.0 Å². The first kappa shape index (κ1) is 18.3. The molecule has 0 fully saturated rings. The summed E-state index contributed by atoms with van der Waals surface area (Å²) in [6.07, 6.45) is 1.34. The van der Waals surface area contributed by atoms with Crippen LogP contribution in [0.1, 0.15) is 5.56 Å². The highest BCUT2D eigenvalue weighted by Crippen LogP contribution is 2.30. The van der Waals surface area contributed by atoms with E-state index in [9.17, 15) is 15.2 Å². The first-order chi connectivity index (χ1) is 13.0. The number of fused-ring (bicyclic) bond motifs is 1. The molecule has 134 valence electrons. The van der Waals surface area contributed by atoms with Gasteiger partial charge in [0.25, 0.3) is 5.91 Å². The summed E-state index contributed by atoms with van der Waals surface area (Å²) in [7, 11) is 0. The second kappa shape index (κ2) is 7.81. The van der Waals surface area contributed by atoms with Gasteiger partial charge in [-0.1, -0.05) is 41.9 Å². The Hall–Kier alpha value is -3.49. The van der Waals surface area contributed by atoms with Gasteiger partial charge in [0, 0.05) is 33.4 Å². The number of benzene rings is 3. The Bertz CT molecular complexity index is 1100. The minimum atomic E-state index is -0.555. The molecule has 0 bridgehead atoms. The van der Waals surface area contributed by atoms with Crippen molar-refractivity contribution in [2.45, 2.75) is 6.92 Å². The predicted molar refractivity (Wildman–Crippen MR) is 108 cm³/mol. The normalized spacial score (nSPS) is 11.1. The highest BCUT2D eigenvalue weighted by Gasteiger charge is 2.12. The lowest BCUT2D eigenvalue weighted by atomic mass is 10.1. The van der Waals surface area contributed by atoms with Crippen molar-refractivity contribution < 1.29 is 9.90 Å². The molecule has 3 rings (SSSR count). The number of halogens is 1. The number of nitrogens with one attached hydrogen (secondary N) is 2. The molecule has 0 radical (unpaired) electrons. The van der Waals surface area contributed by atoms with Gasteiger partial charge in [0.2, 0.25) is 0 Å². The number of phenolic OH excluding ortho intramolecular Hbond substituents is 1. The lowest BCUT2D eigenvalue weighted by Crippen LogP contribution is -2.15. The lowest BCUT2D eigenvalue weighted by molar-refractivity contribution is -0.112. The Labute approximate surface area is 161 Å². The average Bonchev–Trinajstić information content (AvgIpc) is 2.66. The maximum absolute atomic E-state index is 12.5. The first-order valence-electron chi connectivity index (χ1n) is 8.15. The smallest absolute Gasteiger partial charge is 0.267 e. The van der Waals surface area contributed by atoms with Gasteiger partial charge in [-0.05, 0) is 36.8 Å². The summed E-state index contributed by atoms with van der Waals surface area (Å²) in [5.41, 5.74) is 1.94. The number of carbonyl (C=O) groups excluding carboxylic acids is 1. The molecule has 0 aliphatic carbocycles. The van der Waals surface area contributed by atoms with Crippen LogP contribution in [0.25, 0.3) is 10.8 Å². The van der Waals surface area contributed by atoms with Crippen LogP contribution < -0.4 is 10.6 Å². The summed E-state index contributed by atoms with van der Waals surface area (Å²) in [4.78, 5) is 12.5. The van der Waals surface area contributed by atoms with E-state index < -0.39 is 5.91 Å². The predicted octanol–water partition coefficient (Wildman–Crippen LogP) is 4.97. The third-order valence-corrected chi connectivity index (χ3v) is 4.56. The number of amides is 1. The minimum absolute atomic E-state index is 0.0912. The van der Waals surface area contributed by atoms with Gasteiger partial charge >= 0.3 is 0 Å². The topological polar surface area (TPSA) is 85.2 Å². The lowest BCUT2D eigenvalue weighted by Gasteiger charge is -2.10. The molecule has 0 saturated carbocycles. The zero-order valence-electron chi connectivity index (χ0n) is 14.5. The van der Waals surface area contributed by atoms with Crippen molar-refractivity contribution in [3.05, 3.63) is 77.0 Å². The van der Waals surface area contributed by atoms with Crippen molar-refractivity contribution in [3.63, 3.8) is 0 Å². The molecule has 0 saturated heterocycles. The molecule has 3 N–H and O–H groups in total. The van der Waals surface area contributed by atoms with Crippen molar-refractivity contribution in [3.8, 4) is 11.8 Å². The molecular formula is C21H16ClN3O2. The van der Waals surface area contributed by atoms with Crippen LogP contribution in [-0.2, 0) is 4.79 Å². The van der Waals surface area contributed by atoms with Crippen LogP contribution in [0.5, 0.6) is 5.75 Å². The van der Waals surface area contributed by atoms with Crippen molar-refractivity contribution in [2.24, 2.45) is 0 Å². The van der Waals surface area contributed by atoms with E-state index in [1.807, 2.05) is 13.0 Å². The van der Waals surface area contributed by atoms with Gasteiger partial charge < -0.3 is 15.7 Å². The number of phenols is 1. The van der Waals surface area contributed by atoms with E-state index in [-0.39, 0.29) is 11.3 Å². The number of hydrogen-bond donors (Lipinski definition) is 3. The third kappa shape index (κ3) is 3.86. The van der Waals surface area contributed by atoms with Crippen LogP contribution in [0.15, 0.2) is 66.4 Å². The largest absolute Gasteiger partial charge is 0.507 e. The fourth-order valence-corrected chi connectivity index (χ4v) is 2.83. The Morgan fingerprint density at radius 1 is 1.07 bits per heavy atom. The van der Waals surface area contributed by atoms with Crippen LogP contribution >= 0.6 is 11.6 Å². The summed E-state index contributed by atoms with van der Waals surface area (Å²) < 4.78 is 0. The number of nitriles is 1. The van der Waals surface area contributed by atoms with E-state index in [1.54, 1.807) is 54.6 Å². The molecule has 3 aromatic rings. The molecular weight excluding hydrogens is 362 g/mol. The molecule has 27 heavy (non-hydrogen) atoms. The van der Waals surface area contributed by atoms with Crippen molar-refractivity contribution >= 4 is 39.7 Å². The number of anilines is 2. The van der Waals surface area contributed by atoms with E-state index in [0.717, 1.165) is 5.56 Å². The molecule has 0 aromatic heterocycles. The number of carbonyl (C=O) groups is 1. The van der Waals surface area contributed by atoms with Crippen molar-refractivity contribution in [1.82, 2.24) is 0 Å². The number of rotatable bonds is 4. The van der Waals surface area contributed by atoms with Gasteiger partial charge in [-0.15, -0.1) is 0 Å². The molecule has 6 heteroatoms. The molecule has 0 heterocycles. The van der Waals surface area contributed by atoms with Gasteiger partial charge in [0.15, 0.2) is 0 Å². The highest BCUT2D eigenvalue weighted by atomic mass is 35.5. The van der Waals surface area contributed by atoms with E-state index in [1.165, 1.54) is 6.20 Å². The Kier molecular flexibility index (Phi) is 5.30. The molecule has 1 amide bonds. The Morgan fingerprint density at radius 3 is 2.52 bits per heavy atom. The maximum Gasteiger partial charge on any atom is 0.267 e. The summed E-state index contributed by atoms with van der Waals surface area (Å²) in [5, 5.41) is 26.8. The van der Waals surface area contributed by atoms with Crippen LogP contribution in [0.3, 0.4) is 0 Å². The highest BCUT2D eigenvalue weighted by molar-refractivity contribution is 6.31. The standard InChI is InChI=1S/C21H16ClN3O2/c1-13-17(22)7-4-8-18(13)24-12-14(11-23)21(27)25-19-9-2-6-16-15(19)5-3-10-20(16)26/h2-10,12,24,26H,1H3,(H,25,27)/b14-12-. The van der Waals surface area contributed by atoms with Crippen molar-refractivity contribution in [1.29, 1.82) is 5.26 Å². The molecule has 0 unspecified atom stereocenters. The molecule has 0 aliphatic rings. The van der Waals surface area contributed by atoms with Gasteiger partial charge in [-0.2, -0.15) is 5.26 Å². The van der Waals surface area contributed by atoms with Gasteiger partial charge in [0.05, 0.1) is 0 Å². The Balaban J connectivity index is 1.85. The van der Waals surface area contributed by atoms with Crippen LogP contribution in [0.4, 0.5) is 11.4 Å². The van der Waals surface area contributed by atoms with Crippen LogP contribution in [0, 0.1) is 18.3 Å². The SMILES string of the molecule is Cc1c(Cl)cccc1N/C=C(/C#N)C(=O)Nc1cccc2c(O)cccc12. The average molecular weight is 378 g/mol. The summed E-state index contributed by atoms with van der Waals surface area (Å²) >= 11 is 6.08. The van der Waals surface area contributed by atoms with Gasteiger partial charge in [0.1, 0.15) is 17.4 Å². The quantitative estimate of drug-likeness (QED) is 0.443. The number of hydrogen-bond acceptors (Lipinski definition) is 4. The van der Waals surface area contributed by atoms with Gasteiger partial charge in [-0.25, -0.2) is 0 Å². The summed E-state index contributed by atoms with van der Waals surface area (Å²) in [6, 6.07) is 17.5. The zero-order valence-corrected chi connectivity index (χ0v) is 15.2. The molecule has 0 atom stereocenters. The summed E-state index contributed by atoms with van der Waals surface area (Å²) in [6.45, 7) is 1.84. The minimum Gasteiger partial charge on any atom is -0.507 e. The van der Waals surface area contributed by atoms with E-state index in [2.05, 4.69) is 10.6 Å². The molecule has 3 aromatic carbocycles. The Morgan fingerprint density at radius 2 is 1.74 bits per heavy atom. The van der Waals surface area contributed by atoms with Crippen molar-refractivity contribution in [2.75, 3.05) is 10.6 Å². The van der Waals surface area contributed by atoms with Crippen LogP contribution in [0.2, 0.25) is 5.02 Å². The van der Waals surface area contributed by atoms with E-state index >= 15 is 0 Å². The van der Waals surface area contributed by atoms with E-state index in [4.69, 9.17) is 11.6 Å². The van der Waals surface area contributed by atoms with Gasteiger partial charge in [-0.3, -0.25) is 4.79 Å². The second-order valence-electron chi connectivity index (χ2n) is 5.86. The second-order valence-corrected chi connectivity index (χ2v) is 6.27. The molecule has 0 spiro atoms. The molecule has 0 aliphatic heterocycles. The first-order valence-corrected chi connectivity index (χ1v) is 8.53. The third-order valence-electron chi connectivity index (χ3n) is 4.15. The monoisotopic (exact) mass is 377 g/mol. The zero-order chi connectivity index (χ0) is 19.4. The number of aromatic hydroxyl groups is 1. The van der Waals surface area contributed by atoms with E-state index in [0.29, 0.717) is 27.2 Å².